The summed E-state index contributed by atoms with van der Waals surface area (Å²) < 4.78 is 5.70. The van der Waals surface area contributed by atoms with Crippen molar-refractivity contribution in [2.75, 3.05) is 26.7 Å². The molecule has 0 spiro atoms. The first-order valence-electron chi connectivity index (χ1n) is 7.26. The number of carbonyl (C=O) groups excluding carboxylic acids is 1. The van der Waals surface area contributed by atoms with Gasteiger partial charge in [-0.25, -0.2) is 0 Å². The number of phenols is 1. The van der Waals surface area contributed by atoms with Crippen LogP contribution in [-0.2, 0) is 0 Å². The molecule has 5 nitrogen and oxygen atoms in total. The van der Waals surface area contributed by atoms with E-state index in [2.05, 4.69) is 17.1 Å². The quantitative estimate of drug-likeness (QED) is 0.697. The van der Waals surface area contributed by atoms with E-state index in [1.165, 1.54) is 7.11 Å². The zero-order chi connectivity index (χ0) is 16.3. The van der Waals surface area contributed by atoms with Gasteiger partial charge >= 0.3 is 0 Å². The molecule has 0 saturated carbocycles. The molecule has 1 fully saturated rings. The SMILES string of the molecule is CCN1CCC[C@H]1CNC(=O)c1c(O)c([125I])cc(Cl)c1OC. The van der Waals surface area contributed by atoms with E-state index >= 15 is 0 Å². The predicted octanol–water partition coefficient (Wildman–Crippen LogP) is 2.87. The van der Waals surface area contributed by atoms with E-state index in [1.807, 2.05) is 22.6 Å². The lowest BCUT2D eigenvalue weighted by molar-refractivity contribution is 0.0935. The summed E-state index contributed by atoms with van der Waals surface area (Å²) in [5.41, 5.74) is 0.0976. The molecule has 0 unspecified atom stereocenters. The Morgan fingerprint density at radius 3 is 3.00 bits per heavy atom. The molecule has 1 aliphatic heterocycles. The Kier molecular flexibility index (Phi) is 6.17. The maximum atomic E-state index is 12.5. The third kappa shape index (κ3) is 3.60. The van der Waals surface area contributed by atoms with Crippen LogP contribution in [0.2, 0.25) is 5.02 Å². The zero-order valence-corrected chi connectivity index (χ0v) is 15.6. The number of nitrogens with zero attached hydrogens (tertiary/aromatic N) is 1. The van der Waals surface area contributed by atoms with Crippen molar-refractivity contribution in [3.8, 4) is 11.5 Å². The molecule has 0 radical (unpaired) electrons. The number of phenolic OH excluding ortho intramolecular Hbond substituents is 1. The predicted molar refractivity (Wildman–Crippen MR) is 95.0 cm³/mol. The van der Waals surface area contributed by atoms with Crippen LogP contribution in [0, 0.1) is 3.57 Å². The summed E-state index contributed by atoms with van der Waals surface area (Å²) in [5, 5.41) is 13.4. The molecule has 122 valence electrons. The topological polar surface area (TPSA) is 61.8 Å². The number of methoxy groups -OCH3 is 1. The highest BCUT2D eigenvalue weighted by atomic mass is 125. The number of amides is 1. The number of likely N-dealkylation sites (tertiary alicyclic amines) is 1. The van der Waals surface area contributed by atoms with Gasteiger partial charge in [0.05, 0.1) is 15.7 Å². The van der Waals surface area contributed by atoms with E-state index in [1.54, 1.807) is 6.07 Å². The molecule has 1 amide bonds. The fraction of sp³-hybridized carbons (Fsp3) is 0.533. The normalized spacial score (nSPS) is 18.5. The second-order valence-corrected chi connectivity index (χ2v) is 6.80. The van der Waals surface area contributed by atoms with Gasteiger partial charge in [0.1, 0.15) is 11.3 Å². The Balaban J connectivity index is 2.16. The smallest absolute Gasteiger partial charge is 0.258 e. The number of hydrogen-bond acceptors (Lipinski definition) is 4. The summed E-state index contributed by atoms with van der Waals surface area (Å²) in [5.74, 6) is -0.258. The van der Waals surface area contributed by atoms with Crippen LogP contribution < -0.4 is 10.1 Å². The van der Waals surface area contributed by atoms with Crippen LogP contribution in [0.25, 0.3) is 0 Å². The molecule has 0 bridgehead atoms. The summed E-state index contributed by atoms with van der Waals surface area (Å²) in [6.07, 6.45) is 2.22. The van der Waals surface area contributed by atoms with Crippen molar-refractivity contribution in [1.82, 2.24) is 10.2 Å². The Bertz CT molecular complexity index is 568. The van der Waals surface area contributed by atoms with Gasteiger partial charge in [-0.15, -0.1) is 0 Å². The first-order chi connectivity index (χ1) is 10.5. The lowest BCUT2D eigenvalue weighted by Crippen LogP contribution is -2.40. The largest absolute Gasteiger partial charge is 0.506 e. The molecule has 1 aromatic carbocycles. The first kappa shape index (κ1) is 17.6. The standard InChI is InChI=1S/C15H20ClIN2O3/c1-3-19-6-4-5-9(19)8-18-15(21)12-13(20)11(17)7-10(16)14(12)22-2/h7,9,20H,3-6,8H2,1-2H3,(H,18,21)/t9-/m0/s1/i17-2. The van der Waals surface area contributed by atoms with E-state index in [0.717, 1.165) is 25.9 Å². The van der Waals surface area contributed by atoms with Gasteiger partial charge in [-0.1, -0.05) is 18.5 Å². The van der Waals surface area contributed by atoms with Crippen molar-refractivity contribution in [3.05, 3.63) is 20.2 Å². The number of likely N-dealkylation sites (N-methyl/N-ethyl adjacent to an activating group) is 1. The maximum absolute atomic E-state index is 12.5. The van der Waals surface area contributed by atoms with Gasteiger partial charge in [0.25, 0.3) is 5.91 Å². The highest BCUT2D eigenvalue weighted by Gasteiger charge is 2.26. The first-order valence-corrected chi connectivity index (χ1v) is 8.72. The van der Waals surface area contributed by atoms with Crippen LogP contribution in [0.1, 0.15) is 30.1 Å². The molecule has 2 rings (SSSR count). The minimum absolute atomic E-state index is 0.0976. The molecule has 7 heteroatoms. The molecule has 1 aliphatic rings. The molecule has 1 aromatic rings. The summed E-state index contributed by atoms with van der Waals surface area (Å²) in [6, 6.07) is 1.92. The van der Waals surface area contributed by atoms with Crippen LogP contribution in [0.4, 0.5) is 0 Å². The average molecular weight is 437 g/mol. The van der Waals surface area contributed by atoms with Crippen molar-refractivity contribution in [3.63, 3.8) is 0 Å². The van der Waals surface area contributed by atoms with Crippen LogP contribution in [0.3, 0.4) is 0 Å². The number of aromatic hydroxyl groups is 1. The molecule has 22 heavy (non-hydrogen) atoms. The lowest BCUT2D eigenvalue weighted by Gasteiger charge is -2.23. The maximum Gasteiger partial charge on any atom is 0.258 e. The van der Waals surface area contributed by atoms with E-state index in [0.29, 0.717) is 21.2 Å². The van der Waals surface area contributed by atoms with E-state index < -0.39 is 0 Å². The zero-order valence-electron chi connectivity index (χ0n) is 12.7. The molecule has 0 aliphatic carbocycles. The van der Waals surface area contributed by atoms with Crippen LogP contribution >= 0.6 is 34.2 Å². The molecule has 1 atom stereocenters. The number of ether oxygens (including phenoxy) is 1. The highest BCUT2D eigenvalue weighted by molar-refractivity contribution is 14.1. The van der Waals surface area contributed by atoms with Gasteiger partial charge < -0.3 is 15.2 Å². The Morgan fingerprint density at radius 2 is 2.36 bits per heavy atom. The number of rotatable bonds is 5. The van der Waals surface area contributed by atoms with E-state index in [4.69, 9.17) is 16.3 Å². The average Bonchev–Trinajstić information content (AvgIpc) is 2.95. The van der Waals surface area contributed by atoms with Crippen molar-refractivity contribution in [2.45, 2.75) is 25.8 Å². The van der Waals surface area contributed by atoms with Gasteiger partial charge in [0.15, 0.2) is 5.75 Å². The minimum Gasteiger partial charge on any atom is -0.506 e. The van der Waals surface area contributed by atoms with Gasteiger partial charge in [0.2, 0.25) is 0 Å². The highest BCUT2D eigenvalue weighted by Crippen LogP contribution is 2.38. The molecule has 0 aromatic heterocycles. The van der Waals surface area contributed by atoms with Gasteiger partial charge in [-0.05, 0) is 54.6 Å². The second-order valence-electron chi connectivity index (χ2n) is 5.23. The van der Waals surface area contributed by atoms with Gasteiger partial charge in [-0.2, -0.15) is 0 Å². The molecular weight excluding hydrogens is 417 g/mol. The number of carbonyl (C=O) groups is 1. The summed E-state index contributed by atoms with van der Waals surface area (Å²) in [7, 11) is 1.43. The molecule has 1 saturated heterocycles. The number of halogens is 2. The summed E-state index contributed by atoms with van der Waals surface area (Å²) in [4.78, 5) is 14.8. The Labute approximate surface area is 149 Å². The van der Waals surface area contributed by atoms with Crippen LogP contribution in [-0.4, -0.2) is 48.7 Å². The van der Waals surface area contributed by atoms with Crippen molar-refractivity contribution in [1.29, 1.82) is 0 Å². The number of nitrogens with one attached hydrogen (secondary N) is 1. The Morgan fingerprint density at radius 1 is 1.64 bits per heavy atom. The van der Waals surface area contributed by atoms with E-state index in [-0.39, 0.29) is 23.0 Å². The minimum atomic E-state index is -0.363. The van der Waals surface area contributed by atoms with Gasteiger partial charge in [0, 0.05) is 12.6 Å². The lowest BCUT2D eigenvalue weighted by atomic mass is 10.1. The summed E-state index contributed by atoms with van der Waals surface area (Å²) >= 11 is 8.03. The molecule has 1 heterocycles. The van der Waals surface area contributed by atoms with Crippen molar-refractivity contribution in [2.24, 2.45) is 0 Å². The van der Waals surface area contributed by atoms with Gasteiger partial charge in [-0.3, -0.25) is 9.69 Å². The molecular formula is C15H20ClIN2O3. The fourth-order valence-electron chi connectivity index (χ4n) is 2.84. The van der Waals surface area contributed by atoms with Crippen LogP contribution in [0.5, 0.6) is 11.5 Å². The third-order valence-corrected chi connectivity index (χ3v) is 5.10. The monoisotopic (exact) mass is 436 g/mol. The second kappa shape index (κ2) is 7.70. The third-order valence-electron chi connectivity index (χ3n) is 4.00. The fourth-order valence-corrected chi connectivity index (χ4v) is 3.89. The molecule has 2 N–H and O–H groups in total. The van der Waals surface area contributed by atoms with Crippen molar-refractivity contribution < 1.29 is 14.6 Å². The summed E-state index contributed by atoms with van der Waals surface area (Å²) in [6.45, 7) is 4.72. The van der Waals surface area contributed by atoms with E-state index in [9.17, 15) is 9.90 Å². The van der Waals surface area contributed by atoms with Crippen LogP contribution in [0.15, 0.2) is 6.07 Å². The Hall–Kier alpha value is -0.730. The number of benzene rings is 1. The number of hydrogen-bond donors (Lipinski definition) is 2. The van der Waals surface area contributed by atoms with Crippen molar-refractivity contribution >= 4 is 40.1 Å².